The van der Waals surface area contributed by atoms with Crippen molar-refractivity contribution in [3.63, 3.8) is 0 Å². The molecule has 0 radical (unpaired) electrons. The Morgan fingerprint density at radius 1 is 1.50 bits per heavy atom. The molecule has 0 atom stereocenters. The molecule has 0 spiro atoms. The van der Waals surface area contributed by atoms with Crippen LogP contribution in [-0.2, 0) is 24.2 Å². The van der Waals surface area contributed by atoms with Gasteiger partial charge in [-0.05, 0) is 27.7 Å². The normalized spacial score (nSPS) is 14.7. The quantitative estimate of drug-likeness (QED) is 0.787. The predicted octanol–water partition coefficient (Wildman–Crippen LogP) is 2.07. The minimum absolute atomic E-state index is 0.337. The number of hydrogen-bond acceptors (Lipinski definition) is 4. The number of carbonyl (C=O) groups is 1. The number of amides is 1. The third kappa shape index (κ3) is 2.77. The first-order valence-electron chi connectivity index (χ1n) is 6.82. The standard InChI is InChI=1S/C14H20N4O2/c1-5-18-12(8-15)10-9-17(7-6-11(10)16-18)13(19)20-14(2,3)4/h5-7,9H2,1-4H3. The van der Waals surface area contributed by atoms with Gasteiger partial charge in [0.25, 0.3) is 0 Å². The zero-order valence-electron chi connectivity index (χ0n) is 12.4. The second-order valence-corrected chi connectivity index (χ2v) is 5.85. The van der Waals surface area contributed by atoms with Crippen molar-refractivity contribution in [1.29, 1.82) is 5.26 Å². The fourth-order valence-corrected chi connectivity index (χ4v) is 2.26. The number of nitrogens with zero attached hydrogens (tertiary/aromatic N) is 4. The average Bonchev–Trinajstić information content (AvgIpc) is 2.73. The Morgan fingerprint density at radius 2 is 2.20 bits per heavy atom. The van der Waals surface area contributed by atoms with Crippen LogP contribution in [0.3, 0.4) is 0 Å². The van der Waals surface area contributed by atoms with Crippen molar-refractivity contribution in [1.82, 2.24) is 14.7 Å². The SMILES string of the molecule is CCn1nc2c(c1C#N)CN(C(=O)OC(C)(C)C)CC2. The lowest BCUT2D eigenvalue weighted by molar-refractivity contribution is 0.0223. The molecule has 1 aromatic heterocycles. The second-order valence-electron chi connectivity index (χ2n) is 5.85. The molecule has 2 heterocycles. The monoisotopic (exact) mass is 276 g/mol. The molecular weight excluding hydrogens is 256 g/mol. The van der Waals surface area contributed by atoms with Crippen LogP contribution in [0.4, 0.5) is 4.79 Å². The Labute approximate surface area is 118 Å². The van der Waals surface area contributed by atoms with E-state index in [2.05, 4.69) is 11.2 Å². The highest BCUT2D eigenvalue weighted by Crippen LogP contribution is 2.23. The molecule has 0 fully saturated rings. The van der Waals surface area contributed by atoms with E-state index in [4.69, 9.17) is 4.74 Å². The summed E-state index contributed by atoms with van der Waals surface area (Å²) in [6, 6.07) is 2.18. The maximum Gasteiger partial charge on any atom is 0.410 e. The molecular formula is C14H20N4O2. The molecule has 0 saturated carbocycles. The lowest BCUT2D eigenvalue weighted by Gasteiger charge is -2.29. The maximum absolute atomic E-state index is 12.1. The summed E-state index contributed by atoms with van der Waals surface area (Å²) in [6.45, 7) is 9.11. The zero-order valence-corrected chi connectivity index (χ0v) is 12.4. The molecule has 0 saturated heterocycles. The van der Waals surface area contributed by atoms with Gasteiger partial charge in [-0.3, -0.25) is 4.68 Å². The van der Waals surface area contributed by atoms with E-state index in [1.165, 1.54) is 0 Å². The predicted molar refractivity (Wildman–Crippen MR) is 73.0 cm³/mol. The number of hydrogen-bond donors (Lipinski definition) is 0. The molecule has 20 heavy (non-hydrogen) atoms. The Hall–Kier alpha value is -2.03. The molecule has 2 rings (SSSR count). The molecule has 1 aliphatic heterocycles. The number of carbonyl (C=O) groups excluding carboxylic acids is 1. The summed E-state index contributed by atoms with van der Waals surface area (Å²) >= 11 is 0. The smallest absolute Gasteiger partial charge is 0.410 e. The van der Waals surface area contributed by atoms with Crippen LogP contribution >= 0.6 is 0 Å². The van der Waals surface area contributed by atoms with E-state index in [1.807, 2.05) is 27.7 Å². The summed E-state index contributed by atoms with van der Waals surface area (Å²) in [7, 11) is 0. The van der Waals surface area contributed by atoms with Gasteiger partial charge in [-0.2, -0.15) is 10.4 Å². The van der Waals surface area contributed by atoms with Gasteiger partial charge in [0.05, 0.1) is 12.2 Å². The topological polar surface area (TPSA) is 71.2 Å². The van der Waals surface area contributed by atoms with Crippen LogP contribution in [0.25, 0.3) is 0 Å². The molecule has 1 aliphatic rings. The fourth-order valence-electron chi connectivity index (χ4n) is 2.26. The van der Waals surface area contributed by atoms with E-state index < -0.39 is 5.60 Å². The maximum atomic E-state index is 12.1. The average molecular weight is 276 g/mol. The molecule has 108 valence electrons. The first-order valence-corrected chi connectivity index (χ1v) is 6.82. The highest BCUT2D eigenvalue weighted by molar-refractivity contribution is 5.68. The van der Waals surface area contributed by atoms with Crippen molar-refractivity contribution in [3.8, 4) is 6.07 Å². The minimum atomic E-state index is -0.511. The first kappa shape index (κ1) is 14.4. The van der Waals surface area contributed by atoms with Crippen LogP contribution in [0.1, 0.15) is 44.6 Å². The molecule has 1 amide bonds. The van der Waals surface area contributed by atoms with E-state index >= 15 is 0 Å². The highest BCUT2D eigenvalue weighted by Gasteiger charge is 2.29. The van der Waals surface area contributed by atoms with Gasteiger partial charge in [0.1, 0.15) is 17.4 Å². The fraction of sp³-hybridized carbons (Fsp3) is 0.643. The number of rotatable bonds is 1. The highest BCUT2D eigenvalue weighted by atomic mass is 16.6. The largest absolute Gasteiger partial charge is 0.444 e. The summed E-state index contributed by atoms with van der Waals surface area (Å²) in [4.78, 5) is 13.7. The number of aromatic nitrogens is 2. The summed E-state index contributed by atoms with van der Waals surface area (Å²) in [5.41, 5.74) is 1.81. The van der Waals surface area contributed by atoms with Gasteiger partial charge in [-0.25, -0.2) is 4.79 Å². The molecule has 0 unspecified atom stereocenters. The van der Waals surface area contributed by atoms with E-state index in [-0.39, 0.29) is 6.09 Å². The van der Waals surface area contributed by atoms with Gasteiger partial charge in [-0.15, -0.1) is 0 Å². The van der Waals surface area contributed by atoms with E-state index in [9.17, 15) is 10.1 Å². The van der Waals surface area contributed by atoms with E-state index in [0.717, 1.165) is 11.3 Å². The molecule has 0 bridgehead atoms. The summed E-state index contributed by atoms with van der Waals surface area (Å²) < 4.78 is 7.07. The molecule has 1 aromatic rings. The molecule has 6 heteroatoms. The van der Waals surface area contributed by atoms with Crippen molar-refractivity contribution in [2.75, 3.05) is 6.54 Å². The van der Waals surface area contributed by atoms with Crippen LogP contribution in [0.2, 0.25) is 0 Å². The van der Waals surface area contributed by atoms with Gasteiger partial charge in [0, 0.05) is 25.1 Å². The van der Waals surface area contributed by atoms with Crippen molar-refractivity contribution in [2.24, 2.45) is 0 Å². The number of ether oxygens (including phenoxy) is 1. The molecule has 0 aliphatic carbocycles. The Bertz CT molecular complexity index is 563. The van der Waals surface area contributed by atoms with E-state index in [0.29, 0.717) is 31.7 Å². The van der Waals surface area contributed by atoms with E-state index in [1.54, 1.807) is 9.58 Å². The van der Waals surface area contributed by atoms with Gasteiger partial charge in [-0.1, -0.05) is 0 Å². The zero-order chi connectivity index (χ0) is 14.9. The summed E-state index contributed by atoms with van der Waals surface area (Å²) in [6.07, 6.45) is 0.326. The lowest BCUT2D eigenvalue weighted by atomic mass is 10.1. The summed E-state index contributed by atoms with van der Waals surface area (Å²) in [5.74, 6) is 0. The number of nitriles is 1. The Balaban J connectivity index is 2.21. The van der Waals surface area contributed by atoms with Crippen LogP contribution in [0.5, 0.6) is 0 Å². The first-order chi connectivity index (χ1) is 9.35. The summed E-state index contributed by atoms with van der Waals surface area (Å²) in [5, 5.41) is 13.7. The minimum Gasteiger partial charge on any atom is -0.444 e. The van der Waals surface area contributed by atoms with Crippen LogP contribution < -0.4 is 0 Å². The van der Waals surface area contributed by atoms with Gasteiger partial charge in [0.2, 0.25) is 0 Å². The number of fused-ring (bicyclic) bond motifs is 1. The van der Waals surface area contributed by atoms with Crippen molar-refractivity contribution < 1.29 is 9.53 Å². The molecule has 6 nitrogen and oxygen atoms in total. The lowest BCUT2D eigenvalue weighted by Crippen LogP contribution is -2.39. The van der Waals surface area contributed by atoms with Crippen LogP contribution in [0.15, 0.2) is 0 Å². The third-order valence-electron chi connectivity index (χ3n) is 3.16. The van der Waals surface area contributed by atoms with Gasteiger partial charge in [0.15, 0.2) is 0 Å². The Morgan fingerprint density at radius 3 is 2.75 bits per heavy atom. The van der Waals surface area contributed by atoms with Gasteiger partial charge >= 0.3 is 6.09 Å². The third-order valence-corrected chi connectivity index (χ3v) is 3.16. The van der Waals surface area contributed by atoms with Crippen molar-refractivity contribution in [3.05, 3.63) is 17.0 Å². The van der Waals surface area contributed by atoms with Crippen LogP contribution in [-0.4, -0.2) is 32.9 Å². The van der Waals surface area contributed by atoms with Crippen molar-refractivity contribution in [2.45, 2.75) is 52.8 Å². The molecule has 0 N–H and O–H groups in total. The second kappa shape index (κ2) is 5.16. The number of aryl methyl sites for hydroxylation is 1. The van der Waals surface area contributed by atoms with Crippen LogP contribution in [0, 0.1) is 11.3 Å². The molecule has 0 aromatic carbocycles. The van der Waals surface area contributed by atoms with Gasteiger partial charge < -0.3 is 9.64 Å². The Kier molecular flexibility index (Phi) is 3.71. The van der Waals surface area contributed by atoms with Crippen molar-refractivity contribution >= 4 is 6.09 Å².